The van der Waals surface area contributed by atoms with Gasteiger partial charge in [-0.25, -0.2) is 9.78 Å². The maximum Gasteiger partial charge on any atom is 0.338 e. The van der Waals surface area contributed by atoms with Gasteiger partial charge in [0.05, 0.1) is 27.8 Å². The molecule has 0 unspecified atom stereocenters. The number of aryl methyl sites for hydroxylation is 1. The van der Waals surface area contributed by atoms with Gasteiger partial charge >= 0.3 is 5.97 Å². The van der Waals surface area contributed by atoms with Crippen LogP contribution in [0.5, 0.6) is 0 Å². The zero-order valence-electron chi connectivity index (χ0n) is 17.7. The van der Waals surface area contributed by atoms with E-state index in [1.807, 2.05) is 43.3 Å². The van der Waals surface area contributed by atoms with Crippen LogP contribution in [0.15, 0.2) is 73.1 Å². The van der Waals surface area contributed by atoms with Crippen LogP contribution < -0.4 is 5.32 Å². The number of carbonyl (C=O) groups is 2. The van der Waals surface area contributed by atoms with Crippen molar-refractivity contribution >= 4 is 39.5 Å². The fourth-order valence-electron chi connectivity index (χ4n) is 3.59. The second-order valence-electron chi connectivity index (χ2n) is 7.51. The third-order valence-electron chi connectivity index (χ3n) is 5.11. The van der Waals surface area contributed by atoms with Crippen LogP contribution >= 0.6 is 0 Å². The fourth-order valence-corrected chi connectivity index (χ4v) is 3.59. The highest BCUT2D eigenvalue weighted by molar-refractivity contribution is 6.02. The molecule has 3 heterocycles. The van der Waals surface area contributed by atoms with E-state index >= 15 is 0 Å². The Morgan fingerprint density at radius 3 is 2.73 bits per heavy atom. The number of fused-ring (bicyclic) bond motifs is 2. The second-order valence-corrected chi connectivity index (χ2v) is 7.51. The lowest BCUT2D eigenvalue weighted by atomic mass is 10.1. The van der Waals surface area contributed by atoms with E-state index in [4.69, 9.17) is 4.74 Å². The molecule has 5 aromatic rings. The smallest absolute Gasteiger partial charge is 0.338 e. The minimum Gasteiger partial charge on any atom is -0.452 e. The van der Waals surface area contributed by atoms with Gasteiger partial charge in [-0.3, -0.25) is 14.8 Å². The monoisotopic (exact) mass is 437 g/mol. The Labute approximate surface area is 188 Å². The van der Waals surface area contributed by atoms with E-state index in [-0.39, 0.29) is 0 Å². The molecular formula is C25H19N5O3. The zero-order chi connectivity index (χ0) is 22.8. The summed E-state index contributed by atoms with van der Waals surface area (Å²) in [5, 5.41) is 3.62. The second kappa shape index (κ2) is 8.51. The van der Waals surface area contributed by atoms with Gasteiger partial charge in [0.1, 0.15) is 5.82 Å². The van der Waals surface area contributed by atoms with Gasteiger partial charge in [-0.2, -0.15) is 0 Å². The number of imidazole rings is 1. The molecule has 0 radical (unpaired) electrons. The lowest BCUT2D eigenvalue weighted by Crippen LogP contribution is -2.21. The molecule has 0 saturated carbocycles. The number of nitrogens with one attached hydrogen (secondary N) is 2. The van der Waals surface area contributed by atoms with Crippen molar-refractivity contribution in [3.05, 3.63) is 84.3 Å². The third-order valence-corrected chi connectivity index (χ3v) is 5.11. The number of hydrogen-bond donors (Lipinski definition) is 2. The number of benzene rings is 2. The molecule has 2 aromatic carbocycles. The Hall–Kier alpha value is -4.59. The summed E-state index contributed by atoms with van der Waals surface area (Å²) in [5.74, 6) is -0.371. The van der Waals surface area contributed by atoms with Gasteiger partial charge < -0.3 is 15.0 Å². The van der Waals surface area contributed by atoms with Gasteiger partial charge in [-0.1, -0.05) is 18.2 Å². The number of aromatic amines is 1. The van der Waals surface area contributed by atoms with Crippen molar-refractivity contribution < 1.29 is 14.3 Å². The first-order valence-electron chi connectivity index (χ1n) is 10.3. The van der Waals surface area contributed by atoms with Crippen molar-refractivity contribution in [3.63, 3.8) is 0 Å². The summed E-state index contributed by atoms with van der Waals surface area (Å²) >= 11 is 0. The summed E-state index contributed by atoms with van der Waals surface area (Å²) in [6.07, 6.45) is 3.40. The van der Waals surface area contributed by atoms with Crippen LogP contribution in [0.3, 0.4) is 0 Å². The molecule has 0 saturated heterocycles. The molecule has 0 spiro atoms. The number of nitrogens with zero attached hydrogens (tertiary/aromatic N) is 3. The first kappa shape index (κ1) is 20.3. The molecule has 0 aliphatic heterocycles. The summed E-state index contributed by atoms with van der Waals surface area (Å²) in [7, 11) is 0. The molecule has 0 fully saturated rings. The highest BCUT2D eigenvalue weighted by Gasteiger charge is 2.14. The van der Waals surface area contributed by atoms with E-state index in [0.717, 1.165) is 22.2 Å². The van der Waals surface area contributed by atoms with Crippen LogP contribution in [0.1, 0.15) is 16.1 Å². The van der Waals surface area contributed by atoms with Crippen LogP contribution in [0.25, 0.3) is 33.3 Å². The van der Waals surface area contributed by atoms with E-state index in [1.54, 1.807) is 36.7 Å². The third kappa shape index (κ3) is 4.27. The number of aromatic nitrogens is 4. The van der Waals surface area contributed by atoms with E-state index in [1.165, 1.54) is 0 Å². The van der Waals surface area contributed by atoms with Gasteiger partial charge in [0, 0.05) is 29.0 Å². The Morgan fingerprint density at radius 1 is 1.00 bits per heavy atom. The molecule has 0 atom stereocenters. The molecule has 0 bridgehead atoms. The lowest BCUT2D eigenvalue weighted by Gasteiger charge is -2.10. The van der Waals surface area contributed by atoms with Gasteiger partial charge in [-0.15, -0.1) is 0 Å². The largest absolute Gasteiger partial charge is 0.452 e. The van der Waals surface area contributed by atoms with Crippen LogP contribution in [-0.4, -0.2) is 38.4 Å². The average molecular weight is 437 g/mol. The van der Waals surface area contributed by atoms with Gasteiger partial charge in [0.25, 0.3) is 5.91 Å². The Bertz CT molecular complexity index is 1490. The summed E-state index contributed by atoms with van der Waals surface area (Å²) < 4.78 is 5.23. The van der Waals surface area contributed by atoms with Gasteiger partial charge in [0.15, 0.2) is 6.61 Å². The molecule has 0 aliphatic rings. The average Bonchev–Trinajstić information content (AvgIpc) is 3.26. The fraction of sp³-hybridized carbons (Fsp3) is 0.0800. The number of anilines is 1. The first-order chi connectivity index (χ1) is 16.1. The van der Waals surface area contributed by atoms with Crippen molar-refractivity contribution in [2.45, 2.75) is 6.92 Å². The number of pyridine rings is 2. The Morgan fingerprint density at radius 2 is 1.88 bits per heavy atom. The molecule has 5 rings (SSSR count). The molecule has 8 nitrogen and oxygen atoms in total. The predicted octanol–water partition coefficient (Wildman–Crippen LogP) is 4.28. The Balaban J connectivity index is 1.28. The Kier molecular flexibility index (Phi) is 5.24. The number of carbonyl (C=O) groups excluding carboxylic acids is 2. The summed E-state index contributed by atoms with van der Waals surface area (Å²) in [5.41, 5.74) is 4.74. The predicted molar refractivity (Wildman–Crippen MR) is 125 cm³/mol. The van der Waals surface area contributed by atoms with Crippen molar-refractivity contribution in [1.82, 2.24) is 19.9 Å². The number of H-pyrrole nitrogens is 1. The zero-order valence-corrected chi connectivity index (χ0v) is 17.7. The minimum atomic E-state index is -0.597. The summed E-state index contributed by atoms with van der Waals surface area (Å²) in [4.78, 5) is 41.2. The summed E-state index contributed by atoms with van der Waals surface area (Å²) in [6.45, 7) is 1.45. The topological polar surface area (TPSA) is 110 Å². The lowest BCUT2D eigenvalue weighted by molar-refractivity contribution is -0.119. The van der Waals surface area contributed by atoms with Crippen molar-refractivity contribution in [2.75, 3.05) is 11.9 Å². The maximum absolute atomic E-state index is 12.5. The first-order valence-corrected chi connectivity index (χ1v) is 10.3. The van der Waals surface area contributed by atoms with Crippen LogP contribution in [0, 0.1) is 6.92 Å². The van der Waals surface area contributed by atoms with Gasteiger partial charge in [0.2, 0.25) is 0 Å². The van der Waals surface area contributed by atoms with Crippen molar-refractivity contribution in [2.24, 2.45) is 0 Å². The van der Waals surface area contributed by atoms with Crippen molar-refractivity contribution in [3.8, 4) is 11.4 Å². The molecule has 2 N–H and O–H groups in total. The molecular weight excluding hydrogens is 418 g/mol. The number of esters is 1. The minimum absolute atomic E-state index is 0.321. The number of amides is 1. The number of rotatable bonds is 5. The van der Waals surface area contributed by atoms with Crippen molar-refractivity contribution in [1.29, 1.82) is 0 Å². The van der Waals surface area contributed by atoms with Crippen LogP contribution in [0.4, 0.5) is 5.69 Å². The number of hydrogen-bond acceptors (Lipinski definition) is 6. The maximum atomic E-state index is 12.5. The highest BCUT2D eigenvalue weighted by Crippen LogP contribution is 2.23. The standard InChI is InChI=1S/C25H19N5O3/c1-15-11-21(18-6-2-3-7-19(18)27-15)28-23(31)14-33-25(32)16-8-9-20-22(12-16)30-24(29-20)17-5-4-10-26-13-17/h2-13H,14H2,1H3,(H,29,30)(H,27,28,31). The molecule has 3 aromatic heterocycles. The molecule has 8 heteroatoms. The van der Waals surface area contributed by atoms with Crippen LogP contribution in [-0.2, 0) is 9.53 Å². The van der Waals surface area contributed by atoms with Gasteiger partial charge in [-0.05, 0) is 49.4 Å². The highest BCUT2D eigenvalue weighted by atomic mass is 16.5. The molecule has 0 aliphatic carbocycles. The molecule has 33 heavy (non-hydrogen) atoms. The van der Waals surface area contributed by atoms with E-state index in [9.17, 15) is 9.59 Å². The quantitative estimate of drug-likeness (QED) is 0.397. The SMILES string of the molecule is Cc1cc(NC(=O)COC(=O)c2ccc3nc(-c4cccnc4)[nH]c3c2)c2ccccc2n1. The van der Waals surface area contributed by atoms with E-state index < -0.39 is 18.5 Å². The number of para-hydroxylation sites is 1. The number of ether oxygens (including phenoxy) is 1. The van der Waals surface area contributed by atoms with E-state index in [0.29, 0.717) is 28.1 Å². The molecule has 1 amide bonds. The normalized spacial score (nSPS) is 10.9. The van der Waals surface area contributed by atoms with Crippen LogP contribution in [0.2, 0.25) is 0 Å². The summed E-state index contributed by atoms with van der Waals surface area (Å²) in [6, 6.07) is 18.0. The van der Waals surface area contributed by atoms with E-state index in [2.05, 4.69) is 25.3 Å². The molecule has 162 valence electrons.